The number of rotatable bonds is 6. The highest BCUT2D eigenvalue weighted by molar-refractivity contribution is 6.30. The van der Waals surface area contributed by atoms with E-state index < -0.39 is 0 Å². The summed E-state index contributed by atoms with van der Waals surface area (Å²) in [7, 11) is 0. The maximum Gasteiger partial charge on any atom is 0.141 e. The van der Waals surface area contributed by atoms with Crippen LogP contribution in [0.15, 0.2) is 18.2 Å². The van der Waals surface area contributed by atoms with E-state index in [-0.39, 0.29) is 16.3 Å². The van der Waals surface area contributed by atoms with E-state index in [1.165, 1.54) is 6.07 Å². The van der Waals surface area contributed by atoms with Crippen LogP contribution in [0, 0.1) is 11.2 Å². The van der Waals surface area contributed by atoms with Crippen molar-refractivity contribution in [2.75, 3.05) is 6.54 Å². The molecule has 0 spiro atoms. The molecule has 102 valence electrons. The topological polar surface area (TPSA) is 12.0 Å². The Morgan fingerprint density at radius 3 is 2.61 bits per heavy atom. The molecule has 0 fully saturated rings. The molecule has 1 N–H and O–H groups in total. The third kappa shape index (κ3) is 4.95. The van der Waals surface area contributed by atoms with Crippen LogP contribution in [0.25, 0.3) is 0 Å². The van der Waals surface area contributed by atoms with E-state index in [0.717, 1.165) is 24.9 Å². The summed E-state index contributed by atoms with van der Waals surface area (Å²) in [6.07, 6.45) is 1.98. The monoisotopic (exact) mass is 271 g/mol. The second-order valence-corrected chi connectivity index (χ2v) is 6.16. The first-order valence-electron chi connectivity index (χ1n) is 6.51. The highest BCUT2D eigenvalue weighted by atomic mass is 35.5. The summed E-state index contributed by atoms with van der Waals surface area (Å²) in [4.78, 5) is 0. The molecular formula is C15H23ClFN. The zero-order chi connectivity index (χ0) is 13.8. The first-order valence-corrected chi connectivity index (χ1v) is 6.89. The molecule has 1 unspecified atom stereocenters. The second-order valence-electron chi connectivity index (χ2n) is 5.75. The van der Waals surface area contributed by atoms with E-state index in [1.54, 1.807) is 6.07 Å². The standard InChI is InChI=1S/C15H23ClFN/c1-5-18-11(2)9-15(3,4)10-12-6-7-14(17)13(16)8-12/h6-8,11,18H,5,9-10H2,1-4H3. The Balaban J connectivity index is 2.66. The molecule has 18 heavy (non-hydrogen) atoms. The quantitative estimate of drug-likeness (QED) is 0.807. The van der Waals surface area contributed by atoms with Crippen molar-refractivity contribution in [1.29, 1.82) is 0 Å². The number of hydrogen-bond acceptors (Lipinski definition) is 1. The molecule has 0 bridgehead atoms. The summed E-state index contributed by atoms with van der Waals surface area (Å²) in [5.74, 6) is -0.348. The fraction of sp³-hybridized carbons (Fsp3) is 0.600. The molecule has 1 rings (SSSR count). The normalized spacial score (nSPS) is 13.7. The zero-order valence-corrected chi connectivity index (χ0v) is 12.4. The smallest absolute Gasteiger partial charge is 0.141 e. The van der Waals surface area contributed by atoms with Crippen molar-refractivity contribution in [1.82, 2.24) is 5.32 Å². The molecule has 0 heterocycles. The fourth-order valence-corrected chi connectivity index (χ4v) is 2.73. The summed E-state index contributed by atoms with van der Waals surface area (Å²) in [5, 5.41) is 3.63. The van der Waals surface area contributed by atoms with Crippen molar-refractivity contribution in [2.45, 2.75) is 46.6 Å². The van der Waals surface area contributed by atoms with Crippen LogP contribution in [0.2, 0.25) is 5.02 Å². The van der Waals surface area contributed by atoms with E-state index >= 15 is 0 Å². The molecule has 0 saturated heterocycles. The predicted molar refractivity (Wildman–Crippen MR) is 76.7 cm³/mol. The van der Waals surface area contributed by atoms with Crippen LogP contribution in [-0.2, 0) is 6.42 Å². The Morgan fingerprint density at radius 1 is 1.39 bits per heavy atom. The van der Waals surface area contributed by atoms with Crippen LogP contribution in [0.5, 0.6) is 0 Å². The van der Waals surface area contributed by atoms with Crippen LogP contribution >= 0.6 is 11.6 Å². The van der Waals surface area contributed by atoms with Crippen LogP contribution < -0.4 is 5.32 Å². The maximum atomic E-state index is 13.1. The van der Waals surface area contributed by atoms with Gasteiger partial charge in [-0.15, -0.1) is 0 Å². The van der Waals surface area contributed by atoms with Gasteiger partial charge in [-0.05, 0) is 49.4 Å². The molecule has 3 heteroatoms. The van der Waals surface area contributed by atoms with Gasteiger partial charge in [0.25, 0.3) is 0 Å². The van der Waals surface area contributed by atoms with Gasteiger partial charge >= 0.3 is 0 Å². The van der Waals surface area contributed by atoms with Crippen molar-refractivity contribution in [3.05, 3.63) is 34.6 Å². The van der Waals surface area contributed by atoms with Crippen LogP contribution in [0.4, 0.5) is 4.39 Å². The van der Waals surface area contributed by atoms with Gasteiger partial charge in [0.2, 0.25) is 0 Å². The Kier molecular flexibility index (Phi) is 5.61. The first kappa shape index (κ1) is 15.5. The molecule has 1 aromatic carbocycles. The Morgan fingerprint density at radius 2 is 2.06 bits per heavy atom. The van der Waals surface area contributed by atoms with Gasteiger partial charge in [-0.3, -0.25) is 0 Å². The molecule has 0 aromatic heterocycles. The Hall–Kier alpha value is -0.600. The van der Waals surface area contributed by atoms with Crippen molar-refractivity contribution in [3.63, 3.8) is 0 Å². The third-order valence-electron chi connectivity index (χ3n) is 3.08. The van der Waals surface area contributed by atoms with E-state index in [1.807, 2.05) is 6.07 Å². The molecule has 0 radical (unpaired) electrons. The molecule has 1 atom stereocenters. The van der Waals surface area contributed by atoms with Crippen molar-refractivity contribution in [2.24, 2.45) is 5.41 Å². The van der Waals surface area contributed by atoms with Gasteiger partial charge in [-0.1, -0.05) is 38.4 Å². The second kappa shape index (κ2) is 6.53. The van der Waals surface area contributed by atoms with Gasteiger partial charge in [0, 0.05) is 6.04 Å². The lowest BCUT2D eigenvalue weighted by Gasteiger charge is -2.28. The molecule has 1 aromatic rings. The van der Waals surface area contributed by atoms with Gasteiger partial charge in [0.05, 0.1) is 5.02 Å². The van der Waals surface area contributed by atoms with Crippen LogP contribution in [0.3, 0.4) is 0 Å². The fourth-order valence-electron chi connectivity index (χ4n) is 2.52. The summed E-state index contributed by atoms with van der Waals surface area (Å²) in [6.45, 7) is 9.77. The number of benzene rings is 1. The maximum absolute atomic E-state index is 13.1. The van der Waals surface area contributed by atoms with Gasteiger partial charge in [-0.2, -0.15) is 0 Å². The highest BCUT2D eigenvalue weighted by Crippen LogP contribution is 2.29. The zero-order valence-electron chi connectivity index (χ0n) is 11.7. The first-order chi connectivity index (χ1) is 8.34. The highest BCUT2D eigenvalue weighted by Gasteiger charge is 2.21. The van der Waals surface area contributed by atoms with Crippen molar-refractivity contribution in [3.8, 4) is 0 Å². The molecular weight excluding hydrogens is 249 g/mol. The Labute approximate surface area is 115 Å². The van der Waals surface area contributed by atoms with Gasteiger partial charge in [0.15, 0.2) is 0 Å². The average Bonchev–Trinajstić information content (AvgIpc) is 2.22. The number of nitrogens with one attached hydrogen (secondary N) is 1. The minimum absolute atomic E-state index is 0.169. The molecule has 0 aliphatic heterocycles. The summed E-state index contributed by atoms with van der Waals surface area (Å²) in [6, 6.07) is 5.49. The Bertz CT molecular complexity index is 390. The van der Waals surface area contributed by atoms with E-state index in [9.17, 15) is 4.39 Å². The van der Waals surface area contributed by atoms with Crippen molar-refractivity contribution < 1.29 is 4.39 Å². The van der Waals surface area contributed by atoms with Gasteiger partial charge in [0.1, 0.15) is 5.82 Å². The lowest BCUT2D eigenvalue weighted by Crippen LogP contribution is -2.32. The summed E-state index contributed by atoms with van der Waals surface area (Å²) in [5.41, 5.74) is 1.26. The lowest BCUT2D eigenvalue weighted by molar-refractivity contribution is 0.289. The van der Waals surface area contributed by atoms with E-state index in [0.29, 0.717) is 6.04 Å². The number of hydrogen-bond donors (Lipinski definition) is 1. The van der Waals surface area contributed by atoms with E-state index in [2.05, 4.69) is 33.0 Å². The van der Waals surface area contributed by atoms with E-state index in [4.69, 9.17) is 11.6 Å². The SMILES string of the molecule is CCNC(C)CC(C)(C)Cc1ccc(F)c(Cl)c1. The van der Waals surface area contributed by atoms with Gasteiger partial charge < -0.3 is 5.32 Å². The molecule has 0 aliphatic rings. The lowest BCUT2D eigenvalue weighted by atomic mass is 9.80. The largest absolute Gasteiger partial charge is 0.315 e. The third-order valence-corrected chi connectivity index (χ3v) is 3.37. The average molecular weight is 272 g/mol. The summed E-state index contributed by atoms with van der Waals surface area (Å²) < 4.78 is 13.1. The van der Waals surface area contributed by atoms with Crippen molar-refractivity contribution >= 4 is 11.6 Å². The minimum atomic E-state index is -0.348. The predicted octanol–water partition coefficient (Wildman–Crippen LogP) is 4.44. The van der Waals surface area contributed by atoms with Gasteiger partial charge in [-0.25, -0.2) is 4.39 Å². The van der Waals surface area contributed by atoms with Crippen LogP contribution in [0.1, 0.15) is 39.7 Å². The molecule has 0 saturated carbocycles. The summed E-state index contributed by atoms with van der Waals surface area (Å²) >= 11 is 5.81. The molecule has 0 amide bonds. The minimum Gasteiger partial charge on any atom is -0.315 e. The van der Waals surface area contributed by atoms with Crippen LogP contribution in [-0.4, -0.2) is 12.6 Å². The molecule has 0 aliphatic carbocycles. The molecule has 1 nitrogen and oxygen atoms in total. The number of halogens is 2.